The van der Waals surface area contributed by atoms with Gasteiger partial charge < -0.3 is 9.73 Å². The lowest BCUT2D eigenvalue weighted by Crippen LogP contribution is -2.24. The first-order chi connectivity index (χ1) is 9.11. The van der Waals surface area contributed by atoms with E-state index in [0.29, 0.717) is 21.9 Å². The van der Waals surface area contributed by atoms with Crippen LogP contribution in [-0.4, -0.2) is 5.16 Å². The zero-order valence-corrected chi connectivity index (χ0v) is 12.0. The molecule has 0 bridgehead atoms. The summed E-state index contributed by atoms with van der Waals surface area (Å²) >= 11 is 18.1. The van der Waals surface area contributed by atoms with Gasteiger partial charge in [0.05, 0.1) is 11.4 Å². The third-order valence-electron chi connectivity index (χ3n) is 3.10. The summed E-state index contributed by atoms with van der Waals surface area (Å²) in [6.45, 7) is 0. The fourth-order valence-corrected chi connectivity index (χ4v) is 2.93. The molecule has 1 saturated carbocycles. The predicted molar refractivity (Wildman–Crippen MR) is 72.5 cm³/mol. The van der Waals surface area contributed by atoms with Gasteiger partial charge in [0.25, 0.3) is 0 Å². The van der Waals surface area contributed by atoms with Crippen LogP contribution in [0, 0.1) is 5.21 Å². The van der Waals surface area contributed by atoms with E-state index >= 15 is 0 Å². The van der Waals surface area contributed by atoms with Gasteiger partial charge in [0.2, 0.25) is 0 Å². The lowest BCUT2D eigenvalue weighted by molar-refractivity contribution is -0.605. The molecule has 0 aromatic carbocycles. The van der Waals surface area contributed by atoms with E-state index in [9.17, 15) is 5.21 Å². The molecule has 1 aliphatic rings. The molecule has 2 heterocycles. The van der Waals surface area contributed by atoms with E-state index in [-0.39, 0.29) is 15.9 Å². The van der Waals surface area contributed by atoms with Crippen LogP contribution in [0.2, 0.25) is 10.0 Å². The van der Waals surface area contributed by atoms with Gasteiger partial charge in [-0.1, -0.05) is 28.4 Å². The zero-order chi connectivity index (χ0) is 13.6. The summed E-state index contributed by atoms with van der Waals surface area (Å²) < 4.78 is 5.92. The van der Waals surface area contributed by atoms with Gasteiger partial charge in [-0.15, -0.1) is 11.6 Å². The Bertz CT molecular complexity index is 615. The Morgan fingerprint density at radius 1 is 1.32 bits per heavy atom. The fraction of sp³-hybridized carbons (Fsp3) is 0.333. The van der Waals surface area contributed by atoms with Crippen LogP contribution >= 0.6 is 34.8 Å². The summed E-state index contributed by atoms with van der Waals surface area (Å²) in [5.41, 5.74) is 1.81. The normalized spacial score (nSPS) is 14.9. The molecule has 1 fully saturated rings. The van der Waals surface area contributed by atoms with E-state index in [1.165, 1.54) is 12.4 Å². The van der Waals surface area contributed by atoms with Crippen molar-refractivity contribution in [2.75, 3.05) is 0 Å². The molecule has 0 radical (unpaired) electrons. The molecule has 2 aromatic rings. The first-order valence-corrected chi connectivity index (χ1v) is 7.03. The molecule has 2 aromatic heterocycles. The number of pyridine rings is 1. The van der Waals surface area contributed by atoms with E-state index in [1.807, 2.05) is 0 Å². The Morgan fingerprint density at radius 2 is 1.95 bits per heavy atom. The van der Waals surface area contributed by atoms with Crippen molar-refractivity contribution in [1.29, 1.82) is 0 Å². The van der Waals surface area contributed by atoms with Crippen LogP contribution in [0.15, 0.2) is 16.9 Å². The Hall–Kier alpha value is -0.970. The summed E-state index contributed by atoms with van der Waals surface area (Å²) in [4.78, 5) is 0. The molecule has 0 saturated heterocycles. The second kappa shape index (κ2) is 4.85. The van der Waals surface area contributed by atoms with E-state index in [2.05, 4.69) is 5.16 Å². The maximum Gasteiger partial charge on any atom is 0.199 e. The molecule has 0 unspecified atom stereocenters. The molecule has 0 atom stereocenters. The average molecular weight is 320 g/mol. The van der Waals surface area contributed by atoms with Crippen LogP contribution in [0.5, 0.6) is 0 Å². The van der Waals surface area contributed by atoms with Gasteiger partial charge in [-0.05, 0) is 12.8 Å². The van der Waals surface area contributed by atoms with Crippen molar-refractivity contribution in [1.82, 2.24) is 5.16 Å². The molecule has 0 N–H and O–H groups in total. The smallest absolute Gasteiger partial charge is 0.199 e. The van der Waals surface area contributed by atoms with Gasteiger partial charge in [0, 0.05) is 11.5 Å². The van der Waals surface area contributed by atoms with Crippen LogP contribution in [0.1, 0.15) is 30.1 Å². The number of hydrogen-bond donors (Lipinski definition) is 0. The quantitative estimate of drug-likeness (QED) is 0.490. The summed E-state index contributed by atoms with van der Waals surface area (Å²) in [6, 6.07) is 0. The largest absolute Gasteiger partial charge is 0.619 e. The van der Waals surface area contributed by atoms with E-state index in [1.54, 1.807) is 0 Å². The summed E-state index contributed by atoms with van der Waals surface area (Å²) in [5.74, 6) is 1.46. The van der Waals surface area contributed by atoms with Crippen molar-refractivity contribution in [3.05, 3.63) is 39.0 Å². The van der Waals surface area contributed by atoms with Crippen molar-refractivity contribution < 1.29 is 9.25 Å². The second-order valence-electron chi connectivity index (χ2n) is 4.47. The highest BCUT2D eigenvalue weighted by molar-refractivity contribution is 6.38. The van der Waals surface area contributed by atoms with Crippen LogP contribution in [0.3, 0.4) is 0 Å². The van der Waals surface area contributed by atoms with Crippen molar-refractivity contribution in [3.8, 4) is 11.3 Å². The lowest BCUT2D eigenvalue weighted by Gasteiger charge is -2.05. The van der Waals surface area contributed by atoms with Crippen molar-refractivity contribution in [3.63, 3.8) is 0 Å². The van der Waals surface area contributed by atoms with Crippen LogP contribution < -0.4 is 4.73 Å². The zero-order valence-electron chi connectivity index (χ0n) is 9.70. The van der Waals surface area contributed by atoms with E-state index in [0.717, 1.165) is 24.2 Å². The maximum absolute atomic E-state index is 11.3. The number of nitrogens with zero attached hydrogens (tertiary/aromatic N) is 2. The SMILES string of the molecule is [O-][n+]1cc(Cl)c(-c2noc(C3CC3)c2CCl)c(Cl)c1. The van der Waals surface area contributed by atoms with Crippen molar-refractivity contribution >= 4 is 34.8 Å². The highest BCUT2D eigenvalue weighted by atomic mass is 35.5. The molecule has 4 nitrogen and oxygen atoms in total. The topological polar surface area (TPSA) is 53.0 Å². The van der Waals surface area contributed by atoms with E-state index < -0.39 is 0 Å². The minimum absolute atomic E-state index is 0.226. The molecule has 100 valence electrons. The van der Waals surface area contributed by atoms with Gasteiger partial charge in [-0.2, -0.15) is 4.73 Å². The lowest BCUT2D eigenvalue weighted by atomic mass is 10.1. The molecule has 1 aliphatic carbocycles. The maximum atomic E-state index is 11.3. The molecule has 19 heavy (non-hydrogen) atoms. The Labute approximate surface area is 124 Å². The Kier molecular flexibility index (Phi) is 3.33. The number of alkyl halides is 1. The van der Waals surface area contributed by atoms with Gasteiger partial charge in [0.1, 0.15) is 21.5 Å². The minimum atomic E-state index is 0.226. The number of hydrogen-bond acceptors (Lipinski definition) is 3. The van der Waals surface area contributed by atoms with Gasteiger partial charge in [0.15, 0.2) is 12.4 Å². The van der Waals surface area contributed by atoms with Crippen LogP contribution in [-0.2, 0) is 5.88 Å². The first kappa shape index (κ1) is 13.0. The number of aromatic nitrogens is 2. The van der Waals surface area contributed by atoms with Gasteiger partial charge in [-0.3, -0.25) is 0 Å². The molecule has 0 spiro atoms. The molecular weight excluding hydrogens is 311 g/mol. The standard InChI is InChI=1S/C12H9Cl3N2O2/c13-3-7-11(16-19-12(7)6-1-2-6)10-8(14)4-17(18)5-9(10)15/h4-6H,1-3H2. The highest BCUT2D eigenvalue weighted by Crippen LogP contribution is 2.45. The summed E-state index contributed by atoms with van der Waals surface area (Å²) in [5, 5.41) is 15.7. The molecule has 7 heteroatoms. The predicted octanol–water partition coefficient (Wildman–Crippen LogP) is 3.90. The average Bonchev–Trinajstić information content (AvgIpc) is 3.09. The minimum Gasteiger partial charge on any atom is -0.619 e. The monoisotopic (exact) mass is 318 g/mol. The van der Waals surface area contributed by atoms with E-state index in [4.69, 9.17) is 39.3 Å². The van der Waals surface area contributed by atoms with Crippen LogP contribution in [0.25, 0.3) is 11.3 Å². The fourth-order valence-electron chi connectivity index (χ4n) is 2.04. The molecule has 0 amide bonds. The molecule has 0 aliphatic heterocycles. The number of halogens is 3. The third kappa shape index (κ3) is 2.29. The molecular formula is C12H9Cl3N2O2. The number of rotatable bonds is 3. The summed E-state index contributed by atoms with van der Waals surface area (Å²) in [6.07, 6.45) is 4.61. The van der Waals surface area contributed by atoms with Gasteiger partial charge >= 0.3 is 0 Å². The van der Waals surface area contributed by atoms with Crippen molar-refractivity contribution in [2.24, 2.45) is 0 Å². The van der Waals surface area contributed by atoms with Crippen molar-refractivity contribution in [2.45, 2.75) is 24.6 Å². The van der Waals surface area contributed by atoms with Gasteiger partial charge in [-0.25, -0.2) is 0 Å². The highest BCUT2D eigenvalue weighted by Gasteiger charge is 2.33. The third-order valence-corrected chi connectivity index (χ3v) is 3.94. The van der Waals surface area contributed by atoms with Crippen LogP contribution in [0.4, 0.5) is 0 Å². The first-order valence-electron chi connectivity index (χ1n) is 5.74. The second-order valence-corrected chi connectivity index (χ2v) is 5.55. The Morgan fingerprint density at radius 3 is 2.47 bits per heavy atom. The summed E-state index contributed by atoms with van der Waals surface area (Å²) in [7, 11) is 0. The Balaban J connectivity index is 2.17. The molecule has 3 rings (SSSR count).